The molecule has 0 spiro atoms. The lowest BCUT2D eigenvalue weighted by Crippen LogP contribution is -2.38. The first-order chi connectivity index (χ1) is 10.4. The lowest BCUT2D eigenvalue weighted by Gasteiger charge is -2.05. The van der Waals surface area contributed by atoms with Gasteiger partial charge >= 0.3 is 11.7 Å². The molecule has 0 bridgehead atoms. The Labute approximate surface area is 125 Å². The zero-order chi connectivity index (χ0) is 16.4. The van der Waals surface area contributed by atoms with Crippen LogP contribution in [0.1, 0.15) is 5.82 Å². The summed E-state index contributed by atoms with van der Waals surface area (Å²) in [6, 6.07) is 0. The number of fused-ring (bicyclic) bond motifs is 1. The van der Waals surface area contributed by atoms with Crippen molar-refractivity contribution in [1.82, 2.24) is 18.7 Å². The van der Waals surface area contributed by atoms with Crippen LogP contribution >= 0.6 is 0 Å². The highest BCUT2D eigenvalue weighted by Crippen LogP contribution is 2.11. The van der Waals surface area contributed by atoms with Gasteiger partial charge in [0.2, 0.25) is 0 Å². The van der Waals surface area contributed by atoms with Crippen LogP contribution in [-0.2, 0) is 30.2 Å². The van der Waals surface area contributed by atoms with Gasteiger partial charge in [-0.05, 0) is 6.08 Å². The van der Waals surface area contributed by atoms with Crippen molar-refractivity contribution in [3.63, 3.8) is 0 Å². The third kappa shape index (κ3) is 2.33. The van der Waals surface area contributed by atoms with Crippen LogP contribution in [0.15, 0.2) is 15.7 Å². The molecule has 2 rings (SSSR count). The number of methoxy groups -OCH3 is 1. The molecule has 8 nitrogen and oxygen atoms in total. The molecular weight excluding hydrogens is 288 g/mol. The predicted octanol–water partition coefficient (Wildman–Crippen LogP) is -0.747. The molecule has 0 saturated heterocycles. The Morgan fingerprint density at radius 1 is 1.36 bits per heavy atom. The zero-order valence-electron chi connectivity index (χ0n) is 12.4. The smallest absolute Gasteiger partial charge is 0.333 e. The highest BCUT2D eigenvalue weighted by atomic mass is 16.5. The number of imidazole rings is 1. The Morgan fingerprint density at radius 2 is 2.05 bits per heavy atom. The Hall–Kier alpha value is -3.08. The SMILES string of the molecule is C#CCn1c(=O)n(C)c(=O)c2c1nc(/C=C/C(=O)OC)n2C. The van der Waals surface area contributed by atoms with Gasteiger partial charge in [0.25, 0.3) is 5.56 Å². The molecule has 114 valence electrons. The third-order valence-electron chi connectivity index (χ3n) is 3.21. The van der Waals surface area contributed by atoms with E-state index in [0.717, 1.165) is 4.57 Å². The molecule has 22 heavy (non-hydrogen) atoms. The molecule has 0 aliphatic heterocycles. The fourth-order valence-electron chi connectivity index (χ4n) is 2.04. The molecule has 2 aromatic rings. The first-order valence-corrected chi connectivity index (χ1v) is 6.28. The van der Waals surface area contributed by atoms with Crippen molar-refractivity contribution < 1.29 is 9.53 Å². The second kappa shape index (κ2) is 5.73. The fourth-order valence-corrected chi connectivity index (χ4v) is 2.04. The van der Waals surface area contributed by atoms with Crippen molar-refractivity contribution in [3.05, 3.63) is 32.7 Å². The average molecular weight is 302 g/mol. The van der Waals surface area contributed by atoms with Crippen LogP contribution in [0.2, 0.25) is 0 Å². The molecule has 0 N–H and O–H groups in total. The zero-order valence-corrected chi connectivity index (χ0v) is 12.4. The Kier molecular flexibility index (Phi) is 3.99. The quantitative estimate of drug-likeness (QED) is 0.423. The summed E-state index contributed by atoms with van der Waals surface area (Å²) in [5, 5.41) is 0. The summed E-state index contributed by atoms with van der Waals surface area (Å²) in [5.74, 6) is 2.13. The first kappa shape index (κ1) is 15.3. The lowest BCUT2D eigenvalue weighted by atomic mass is 10.4. The molecule has 0 aliphatic rings. The van der Waals surface area contributed by atoms with Crippen molar-refractivity contribution in [2.24, 2.45) is 14.1 Å². The number of ether oxygens (including phenoxy) is 1. The summed E-state index contributed by atoms with van der Waals surface area (Å²) < 4.78 is 8.19. The summed E-state index contributed by atoms with van der Waals surface area (Å²) in [5.41, 5.74) is -0.627. The van der Waals surface area contributed by atoms with Gasteiger partial charge in [0.05, 0.1) is 13.7 Å². The highest BCUT2D eigenvalue weighted by Gasteiger charge is 2.17. The number of aryl methyl sites for hydroxylation is 1. The van der Waals surface area contributed by atoms with E-state index in [1.807, 2.05) is 0 Å². The van der Waals surface area contributed by atoms with Crippen LogP contribution in [0.5, 0.6) is 0 Å². The molecule has 2 aromatic heterocycles. The summed E-state index contributed by atoms with van der Waals surface area (Å²) in [7, 11) is 4.23. The summed E-state index contributed by atoms with van der Waals surface area (Å²) in [6.45, 7) is -0.0133. The van der Waals surface area contributed by atoms with Crippen molar-refractivity contribution in [2.75, 3.05) is 7.11 Å². The maximum atomic E-state index is 12.3. The molecule has 8 heteroatoms. The number of terminal acetylenes is 1. The second-order valence-electron chi connectivity index (χ2n) is 4.49. The van der Waals surface area contributed by atoms with Crippen LogP contribution in [0.3, 0.4) is 0 Å². The molecule has 0 aromatic carbocycles. The van der Waals surface area contributed by atoms with Crippen LogP contribution < -0.4 is 11.2 Å². The largest absolute Gasteiger partial charge is 0.466 e. The molecule has 0 atom stereocenters. The molecule has 0 radical (unpaired) electrons. The number of carbonyl (C=O) groups is 1. The van der Waals surface area contributed by atoms with E-state index in [4.69, 9.17) is 6.42 Å². The number of aromatic nitrogens is 4. The molecule has 0 amide bonds. The van der Waals surface area contributed by atoms with Crippen LogP contribution in [0.4, 0.5) is 0 Å². The monoisotopic (exact) mass is 302 g/mol. The van der Waals surface area contributed by atoms with Crippen molar-refractivity contribution >= 4 is 23.2 Å². The van der Waals surface area contributed by atoms with Gasteiger partial charge in [-0.25, -0.2) is 14.6 Å². The molecular formula is C14H14N4O4. The third-order valence-corrected chi connectivity index (χ3v) is 3.21. The fraction of sp³-hybridized carbons (Fsp3) is 0.286. The average Bonchev–Trinajstić information content (AvgIpc) is 2.83. The van der Waals surface area contributed by atoms with Crippen LogP contribution in [-0.4, -0.2) is 31.8 Å². The topological polar surface area (TPSA) is 88.1 Å². The van der Waals surface area contributed by atoms with E-state index in [1.165, 1.54) is 35.4 Å². The van der Waals surface area contributed by atoms with Gasteiger partial charge in [-0.15, -0.1) is 6.42 Å². The van der Waals surface area contributed by atoms with Gasteiger partial charge in [-0.3, -0.25) is 13.9 Å². The maximum Gasteiger partial charge on any atom is 0.333 e. The second-order valence-corrected chi connectivity index (χ2v) is 4.49. The van der Waals surface area contributed by atoms with Gasteiger partial charge in [0, 0.05) is 20.2 Å². The van der Waals surface area contributed by atoms with Gasteiger partial charge < -0.3 is 9.30 Å². The number of rotatable bonds is 3. The Morgan fingerprint density at radius 3 is 2.64 bits per heavy atom. The molecule has 0 aliphatic carbocycles. The van der Waals surface area contributed by atoms with Crippen LogP contribution in [0.25, 0.3) is 17.2 Å². The van der Waals surface area contributed by atoms with Crippen molar-refractivity contribution in [1.29, 1.82) is 0 Å². The lowest BCUT2D eigenvalue weighted by molar-refractivity contribution is -0.134. The maximum absolute atomic E-state index is 12.3. The Balaban J connectivity index is 2.82. The summed E-state index contributed by atoms with van der Waals surface area (Å²) in [6.07, 6.45) is 7.84. The highest BCUT2D eigenvalue weighted by molar-refractivity contribution is 5.87. The first-order valence-electron chi connectivity index (χ1n) is 6.28. The number of nitrogens with zero attached hydrogens (tertiary/aromatic N) is 4. The normalized spacial score (nSPS) is 11.0. The van der Waals surface area contributed by atoms with E-state index in [0.29, 0.717) is 5.82 Å². The summed E-state index contributed by atoms with van der Waals surface area (Å²) in [4.78, 5) is 39.8. The number of hydrogen-bond donors (Lipinski definition) is 0. The summed E-state index contributed by atoms with van der Waals surface area (Å²) >= 11 is 0. The van der Waals surface area contributed by atoms with E-state index in [-0.39, 0.29) is 17.7 Å². The minimum atomic E-state index is -0.555. The molecule has 0 fully saturated rings. The van der Waals surface area contributed by atoms with E-state index in [1.54, 1.807) is 7.05 Å². The van der Waals surface area contributed by atoms with Crippen molar-refractivity contribution in [2.45, 2.75) is 6.54 Å². The minimum Gasteiger partial charge on any atom is -0.466 e. The molecule has 0 unspecified atom stereocenters. The van der Waals surface area contributed by atoms with Gasteiger partial charge in [0.15, 0.2) is 11.2 Å². The number of esters is 1. The van der Waals surface area contributed by atoms with E-state index >= 15 is 0 Å². The van der Waals surface area contributed by atoms with Crippen LogP contribution in [0, 0.1) is 12.3 Å². The Bertz CT molecular complexity index is 937. The molecule has 2 heterocycles. The standard InChI is InChI=1S/C14H14N4O4/c1-5-8-18-12-11(13(20)17(3)14(18)21)16(2)9(15-12)6-7-10(19)22-4/h1,6-7H,8H2,2-4H3/b7-6+. The van der Waals surface area contributed by atoms with E-state index in [9.17, 15) is 14.4 Å². The van der Waals surface area contributed by atoms with E-state index < -0.39 is 17.2 Å². The predicted molar refractivity (Wildman–Crippen MR) is 80.1 cm³/mol. The number of hydrogen-bond acceptors (Lipinski definition) is 5. The number of carbonyl (C=O) groups excluding carboxylic acids is 1. The van der Waals surface area contributed by atoms with Gasteiger partial charge in [0.1, 0.15) is 5.82 Å². The van der Waals surface area contributed by atoms with Gasteiger partial charge in [-0.2, -0.15) is 0 Å². The van der Waals surface area contributed by atoms with Gasteiger partial charge in [-0.1, -0.05) is 5.92 Å². The van der Waals surface area contributed by atoms with E-state index in [2.05, 4.69) is 15.6 Å². The van der Waals surface area contributed by atoms with Crippen molar-refractivity contribution in [3.8, 4) is 12.3 Å². The molecule has 0 saturated carbocycles. The minimum absolute atomic E-state index is 0.0133.